The van der Waals surface area contributed by atoms with Crippen LogP contribution in [0.2, 0.25) is 5.02 Å². The first-order chi connectivity index (χ1) is 10.2. The largest absolute Gasteiger partial charge is 0.465 e. The summed E-state index contributed by atoms with van der Waals surface area (Å²) in [6, 6.07) is 11.2. The second-order valence-corrected chi connectivity index (χ2v) is 5.06. The molecule has 5 heteroatoms. The van der Waals surface area contributed by atoms with Gasteiger partial charge in [-0.05, 0) is 30.2 Å². The summed E-state index contributed by atoms with van der Waals surface area (Å²) in [6.45, 7) is 0. The molecular weight excluding hydrogens is 288 g/mol. The number of amides is 1. The van der Waals surface area contributed by atoms with E-state index in [0.29, 0.717) is 23.7 Å². The molecule has 1 aromatic heterocycles. The maximum atomic E-state index is 11.8. The van der Waals surface area contributed by atoms with Gasteiger partial charge in [-0.25, -0.2) is 4.99 Å². The molecule has 2 aromatic rings. The van der Waals surface area contributed by atoms with E-state index >= 15 is 0 Å². The van der Waals surface area contributed by atoms with Crippen molar-refractivity contribution in [1.29, 1.82) is 0 Å². The van der Waals surface area contributed by atoms with Gasteiger partial charge in [-0.2, -0.15) is 0 Å². The number of rotatable bonds is 4. The van der Waals surface area contributed by atoms with E-state index in [1.807, 2.05) is 24.3 Å². The van der Waals surface area contributed by atoms with Crippen molar-refractivity contribution in [3.8, 4) is 0 Å². The van der Waals surface area contributed by atoms with Gasteiger partial charge in [0.2, 0.25) is 0 Å². The highest BCUT2D eigenvalue weighted by Crippen LogP contribution is 2.18. The zero-order chi connectivity index (χ0) is 14.7. The van der Waals surface area contributed by atoms with E-state index in [4.69, 9.17) is 16.0 Å². The van der Waals surface area contributed by atoms with Crippen molar-refractivity contribution in [3.63, 3.8) is 0 Å². The van der Waals surface area contributed by atoms with Crippen molar-refractivity contribution < 1.29 is 9.21 Å². The van der Waals surface area contributed by atoms with Gasteiger partial charge in [-0.3, -0.25) is 4.79 Å². The van der Waals surface area contributed by atoms with Crippen LogP contribution in [0.15, 0.2) is 57.8 Å². The van der Waals surface area contributed by atoms with Crippen LogP contribution in [0, 0.1) is 0 Å². The van der Waals surface area contributed by atoms with Crippen molar-refractivity contribution in [2.24, 2.45) is 4.99 Å². The quantitative estimate of drug-likeness (QED) is 0.879. The second-order valence-electron chi connectivity index (χ2n) is 4.65. The van der Waals surface area contributed by atoms with Crippen LogP contribution >= 0.6 is 11.6 Å². The SMILES string of the molecule is O=C1NC(CCc2ccccc2Cl)=N/C1=C/c1ccco1. The van der Waals surface area contributed by atoms with Crippen LogP contribution in [0.1, 0.15) is 17.7 Å². The molecule has 21 heavy (non-hydrogen) atoms. The molecular formula is C16H13ClN2O2. The van der Waals surface area contributed by atoms with Crippen molar-refractivity contribution >= 4 is 29.4 Å². The van der Waals surface area contributed by atoms with Crippen LogP contribution < -0.4 is 5.32 Å². The number of aryl methyl sites for hydroxylation is 1. The number of hydrogen-bond acceptors (Lipinski definition) is 3. The average molecular weight is 301 g/mol. The molecule has 0 atom stereocenters. The number of aliphatic imine (C=N–C) groups is 1. The molecule has 0 spiro atoms. The van der Waals surface area contributed by atoms with Crippen molar-refractivity contribution in [3.05, 3.63) is 64.7 Å². The van der Waals surface area contributed by atoms with Crippen LogP contribution in [0.5, 0.6) is 0 Å². The lowest BCUT2D eigenvalue weighted by Gasteiger charge is -2.03. The van der Waals surface area contributed by atoms with Crippen LogP contribution in [0.3, 0.4) is 0 Å². The summed E-state index contributed by atoms with van der Waals surface area (Å²) >= 11 is 6.11. The lowest BCUT2D eigenvalue weighted by atomic mass is 10.1. The predicted molar refractivity (Wildman–Crippen MR) is 82.0 cm³/mol. The van der Waals surface area contributed by atoms with E-state index in [-0.39, 0.29) is 5.91 Å². The van der Waals surface area contributed by atoms with Crippen LogP contribution in [-0.4, -0.2) is 11.7 Å². The third-order valence-corrected chi connectivity index (χ3v) is 3.53. The summed E-state index contributed by atoms with van der Waals surface area (Å²) in [6.07, 6.45) is 4.54. The molecule has 4 nitrogen and oxygen atoms in total. The molecule has 0 bridgehead atoms. The summed E-state index contributed by atoms with van der Waals surface area (Å²) < 4.78 is 5.18. The first kappa shape index (κ1) is 13.6. The molecule has 3 rings (SSSR count). The lowest BCUT2D eigenvalue weighted by molar-refractivity contribution is -0.115. The maximum Gasteiger partial charge on any atom is 0.275 e. The molecule has 2 heterocycles. The van der Waals surface area contributed by atoms with Gasteiger partial charge in [0, 0.05) is 17.5 Å². The van der Waals surface area contributed by atoms with Gasteiger partial charge in [0.25, 0.3) is 5.91 Å². The number of nitrogens with zero attached hydrogens (tertiary/aromatic N) is 1. The highest BCUT2D eigenvalue weighted by molar-refractivity contribution is 6.31. The number of furan rings is 1. The Morgan fingerprint density at radius 3 is 2.81 bits per heavy atom. The Bertz CT molecular complexity index is 718. The van der Waals surface area contributed by atoms with Crippen molar-refractivity contribution in [1.82, 2.24) is 5.32 Å². The molecule has 1 amide bonds. The first-order valence-electron chi connectivity index (χ1n) is 6.60. The first-order valence-corrected chi connectivity index (χ1v) is 6.98. The van der Waals surface area contributed by atoms with Gasteiger partial charge >= 0.3 is 0 Å². The topological polar surface area (TPSA) is 54.6 Å². The molecule has 0 aliphatic carbocycles. The van der Waals surface area contributed by atoms with Crippen molar-refractivity contribution in [2.75, 3.05) is 0 Å². The summed E-state index contributed by atoms with van der Waals surface area (Å²) in [7, 11) is 0. The number of halogens is 1. The number of nitrogens with one attached hydrogen (secondary N) is 1. The van der Waals surface area contributed by atoms with Gasteiger partial charge in [-0.1, -0.05) is 29.8 Å². The van der Waals surface area contributed by atoms with E-state index in [9.17, 15) is 4.79 Å². The summed E-state index contributed by atoms with van der Waals surface area (Å²) in [5.41, 5.74) is 1.40. The average Bonchev–Trinajstić information content (AvgIpc) is 3.09. The van der Waals surface area contributed by atoms with Crippen LogP contribution in [0.25, 0.3) is 6.08 Å². The minimum atomic E-state index is -0.208. The Balaban J connectivity index is 1.70. The third-order valence-electron chi connectivity index (χ3n) is 3.16. The van der Waals surface area contributed by atoms with Gasteiger partial charge in [0.05, 0.1) is 6.26 Å². The molecule has 1 aromatic carbocycles. The van der Waals surface area contributed by atoms with Crippen LogP contribution in [0.4, 0.5) is 0 Å². The fourth-order valence-corrected chi connectivity index (χ4v) is 2.33. The molecule has 0 saturated carbocycles. The number of carbonyl (C=O) groups excluding carboxylic acids is 1. The van der Waals surface area contributed by atoms with E-state index < -0.39 is 0 Å². The molecule has 0 saturated heterocycles. The summed E-state index contributed by atoms with van der Waals surface area (Å²) in [5, 5.41) is 3.49. The molecule has 0 unspecified atom stereocenters. The highest BCUT2D eigenvalue weighted by atomic mass is 35.5. The lowest BCUT2D eigenvalue weighted by Crippen LogP contribution is -2.24. The fourth-order valence-electron chi connectivity index (χ4n) is 2.10. The summed E-state index contributed by atoms with van der Waals surface area (Å²) in [5.74, 6) is 1.05. The normalized spacial score (nSPS) is 16.1. The minimum Gasteiger partial charge on any atom is -0.465 e. The predicted octanol–water partition coefficient (Wildman–Crippen LogP) is 3.44. The molecule has 1 N–H and O–H groups in total. The van der Waals surface area contributed by atoms with Gasteiger partial charge in [0.15, 0.2) is 0 Å². The number of amidine groups is 1. The Morgan fingerprint density at radius 2 is 2.05 bits per heavy atom. The van der Waals surface area contributed by atoms with E-state index in [2.05, 4.69) is 10.3 Å². The second kappa shape index (κ2) is 5.97. The number of hydrogen-bond donors (Lipinski definition) is 1. The Morgan fingerprint density at radius 1 is 1.19 bits per heavy atom. The smallest absolute Gasteiger partial charge is 0.275 e. The molecule has 0 radical (unpaired) electrons. The van der Waals surface area contributed by atoms with E-state index in [0.717, 1.165) is 17.0 Å². The van der Waals surface area contributed by atoms with Crippen molar-refractivity contribution in [2.45, 2.75) is 12.8 Å². The molecule has 0 fully saturated rings. The van der Waals surface area contributed by atoms with Gasteiger partial charge in [0.1, 0.15) is 17.3 Å². The Hall–Kier alpha value is -2.33. The molecule has 1 aliphatic rings. The zero-order valence-corrected chi connectivity index (χ0v) is 11.9. The minimum absolute atomic E-state index is 0.208. The van der Waals surface area contributed by atoms with Crippen LogP contribution in [-0.2, 0) is 11.2 Å². The number of carbonyl (C=O) groups is 1. The monoisotopic (exact) mass is 300 g/mol. The standard InChI is InChI=1S/C16H13ClN2O2/c17-13-6-2-1-4-11(13)7-8-15-18-14(16(20)19-15)10-12-5-3-9-21-12/h1-6,9-10H,7-8H2,(H,18,19,20)/b14-10+. The van der Waals surface area contributed by atoms with E-state index in [1.165, 1.54) is 0 Å². The maximum absolute atomic E-state index is 11.8. The van der Waals surface area contributed by atoms with E-state index in [1.54, 1.807) is 24.5 Å². The zero-order valence-electron chi connectivity index (χ0n) is 11.2. The third kappa shape index (κ3) is 3.23. The number of benzene rings is 1. The molecule has 1 aliphatic heterocycles. The summed E-state index contributed by atoms with van der Waals surface area (Å²) in [4.78, 5) is 16.1. The molecule has 106 valence electrons. The Kier molecular flexibility index (Phi) is 3.88. The van der Waals surface area contributed by atoms with Gasteiger partial charge < -0.3 is 9.73 Å². The fraction of sp³-hybridized carbons (Fsp3) is 0.125. The Labute approximate surface area is 127 Å². The highest BCUT2D eigenvalue weighted by Gasteiger charge is 2.20. The van der Waals surface area contributed by atoms with Gasteiger partial charge in [-0.15, -0.1) is 0 Å².